The first-order chi connectivity index (χ1) is 14.8. The molecule has 0 bridgehead atoms. The minimum Gasteiger partial charge on any atom is -0.464 e. The predicted octanol–water partition coefficient (Wildman–Crippen LogP) is 2.44. The highest BCUT2D eigenvalue weighted by Crippen LogP contribution is 2.47. The predicted molar refractivity (Wildman–Crippen MR) is 116 cm³/mol. The number of aryl methyl sites for hydroxylation is 2. The van der Waals surface area contributed by atoms with Crippen LogP contribution in [-0.4, -0.2) is 30.4 Å². The maximum Gasteiger partial charge on any atom is 0.368 e. The normalized spacial score (nSPS) is 27.5. The second-order valence-electron chi connectivity index (χ2n) is 8.74. The largest absolute Gasteiger partial charge is 0.464 e. The van der Waals surface area contributed by atoms with Gasteiger partial charge in [0.2, 0.25) is 17.4 Å². The van der Waals surface area contributed by atoms with E-state index in [1.54, 1.807) is 12.1 Å². The van der Waals surface area contributed by atoms with Crippen LogP contribution in [0.1, 0.15) is 42.5 Å². The summed E-state index contributed by atoms with van der Waals surface area (Å²) in [6.45, 7) is 5.94. The van der Waals surface area contributed by atoms with Gasteiger partial charge in [-0.1, -0.05) is 54.4 Å². The molecule has 2 aromatic carbocycles. The quantitative estimate of drug-likeness (QED) is 0.594. The molecule has 6 nitrogen and oxygen atoms in total. The molecule has 0 aromatic heterocycles. The van der Waals surface area contributed by atoms with Gasteiger partial charge in [0.15, 0.2) is 0 Å². The molecule has 0 aliphatic carbocycles. The lowest BCUT2D eigenvalue weighted by Gasteiger charge is -2.29. The molecule has 2 aliphatic rings. The molecule has 2 amide bonds. The molecule has 2 aliphatic heterocycles. The average Bonchev–Trinajstić information content (AvgIpc) is 3.24. The number of benzene rings is 2. The molecular weight excluding hydrogens is 392 g/mol. The van der Waals surface area contributed by atoms with Crippen molar-refractivity contribution in [3.05, 3.63) is 65.2 Å². The number of carbonyl (C=O) groups is 3. The Morgan fingerprint density at radius 2 is 1.58 bits per heavy atom. The number of amides is 2. The summed E-state index contributed by atoms with van der Waals surface area (Å²) in [6, 6.07) is 15.0. The third kappa shape index (κ3) is 3.26. The van der Waals surface area contributed by atoms with Gasteiger partial charge in [-0.15, -0.1) is 0 Å². The van der Waals surface area contributed by atoms with Gasteiger partial charge >= 0.3 is 5.97 Å². The van der Waals surface area contributed by atoms with E-state index in [-0.39, 0.29) is 17.9 Å². The van der Waals surface area contributed by atoms with Gasteiger partial charge in [0.1, 0.15) is 17.9 Å². The number of carbonyl (C=O) groups excluding carboxylic acids is 3. The number of rotatable bonds is 5. The van der Waals surface area contributed by atoms with E-state index in [1.165, 1.54) is 12.0 Å². The molecule has 162 valence electrons. The van der Waals surface area contributed by atoms with Gasteiger partial charge in [0, 0.05) is 12.0 Å². The molecule has 2 N–H and O–H groups in total. The number of fused-ring (bicyclic) bond motifs is 1. The summed E-state index contributed by atoms with van der Waals surface area (Å²) in [6.07, 6.45) is 1.16. The van der Waals surface area contributed by atoms with E-state index in [4.69, 9.17) is 4.74 Å². The van der Waals surface area contributed by atoms with Crippen LogP contribution in [0, 0.1) is 25.7 Å². The number of imide groups is 1. The Labute approximate surface area is 182 Å². The van der Waals surface area contributed by atoms with Crippen LogP contribution in [0.5, 0.6) is 0 Å². The highest BCUT2D eigenvalue weighted by molar-refractivity contribution is 6.23. The monoisotopic (exact) mass is 421 g/mol. The molecule has 2 saturated heterocycles. The summed E-state index contributed by atoms with van der Waals surface area (Å²) in [5.74, 6) is -2.39. The number of anilines is 1. The van der Waals surface area contributed by atoms with Gasteiger partial charge in [-0.25, -0.2) is 9.69 Å². The molecule has 31 heavy (non-hydrogen) atoms. The fourth-order valence-electron chi connectivity index (χ4n) is 5.30. The van der Waals surface area contributed by atoms with Crippen LogP contribution in [-0.2, 0) is 19.1 Å². The van der Waals surface area contributed by atoms with Crippen LogP contribution in [0.2, 0.25) is 0 Å². The summed E-state index contributed by atoms with van der Waals surface area (Å²) in [7, 11) is 1.35. The Bertz CT molecular complexity index is 1010. The molecule has 0 spiro atoms. The van der Waals surface area contributed by atoms with Crippen molar-refractivity contribution in [3.8, 4) is 0 Å². The minimum absolute atomic E-state index is 0.248. The van der Waals surface area contributed by atoms with Crippen LogP contribution in [0.3, 0.4) is 0 Å². The maximum atomic E-state index is 13.7. The number of esters is 1. The van der Waals surface area contributed by atoms with Crippen LogP contribution in [0.15, 0.2) is 48.5 Å². The highest BCUT2D eigenvalue weighted by atomic mass is 16.5. The van der Waals surface area contributed by atoms with Crippen molar-refractivity contribution in [3.63, 3.8) is 0 Å². The van der Waals surface area contributed by atoms with Gasteiger partial charge in [0.25, 0.3) is 0 Å². The first-order valence-electron chi connectivity index (χ1n) is 10.8. The molecule has 6 heteroatoms. The van der Waals surface area contributed by atoms with Gasteiger partial charge < -0.3 is 10.1 Å². The Balaban J connectivity index is 1.85. The van der Waals surface area contributed by atoms with E-state index < -0.39 is 23.3 Å². The number of methoxy groups -OCH3 is 1. The van der Waals surface area contributed by atoms with Crippen molar-refractivity contribution in [2.45, 2.75) is 45.2 Å². The summed E-state index contributed by atoms with van der Waals surface area (Å²) in [5, 5.41) is 1.92. The molecule has 4 atom stereocenters. The number of ether oxygens (including phenoxy) is 1. The Hall–Kier alpha value is -2.99. The number of nitrogens with two attached hydrogens (primary N) is 1. The Morgan fingerprint density at radius 1 is 1.00 bits per heavy atom. The van der Waals surface area contributed by atoms with E-state index in [0.717, 1.165) is 16.7 Å². The Morgan fingerprint density at radius 3 is 2.13 bits per heavy atom. The van der Waals surface area contributed by atoms with Crippen LogP contribution in [0.25, 0.3) is 0 Å². The summed E-state index contributed by atoms with van der Waals surface area (Å²) in [4.78, 5) is 41.7. The highest BCUT2D eigenvalue weighted by Gasteiger charge is 2.72. The van der Waals surface area contributed by atoms with Crippen LogP contribution >= 0.6 is 0 Å². The second-order valence-corrected chi connectivity index (χ2v) is 8.74. The lowest BCUT2D eigenvalue weighted by molar-refractivity contribution is -0.734. The number of nitrogens with zero attached hydrogens (tertiary/aromatic N) is 1. The van der Waals surface area contributed by atoms with Crippen molar-refractivity contribution in [1.82, 2.24) is 0 Å². The van der Waals surface area contributed by atoms with Crippen molar-refractivity contribution < 1.29 is 24.4 Å². The Kier molecular flexibility index (Phi) is 5.43. The van der Waals surface area contributed by atoms with Crippen molar-refractivity contribution in [2.75, 3.05) is 12.0 Å². The molecular formula is C25H29N2O4+. The topological polar surface area (TPSA) is 80.3 Å². The molecule has 4 rings (SSSR count). The first-order valence-corrected chi connectivity index (χ1v) is 10.8. The number of hydrogen-bond acceptors (Lipinski definition) is 4. The third-order valence-electron chi connectivity index (χ3n) is 6.75. The standard InChI is InChI=1S/C25H28N2O4/c1-5-14-25(24(30)31-4)20-19(21(26-25)17-10-6-15(2)7-11-17)22(28)27(23(20)29)18-12-8-16(3)9-13-18/h6-13,19-21,26H,5,14H2,1-4H3/p+1/t19-,20-,21-,25-/m0/s1. The summed E-state index contributed by atoms with van der Waals surface area (Å²) in [5.41, 5.74) is 2.53. The lowest BCUT2D eigenvalue weighted by Crippen LogP contribution is -2.98. The lowest BCUT2D eigenvalue weighted by atomic mass is 9.77. The molecule has 2 fully saturated rings. The number of hydrogen-bond donors (Lipinski definition) is 1. The second kappa shape index (κ2) is 7.93. The van der Waals surface area contributed by atoms with Gasteiger partial charge in [-0.05, 0) is 32.4 Å². The first kappa shape index (κ1) is 21.2. The van der Waals surface area contributed by atoms with Gasteiger partial charge in [-0.2, -0.15) is 0 Å². The fraction of sp³-hybridized carbons (Fsp3) is 0.400. The maximum absolute atomic E-state index is 13.7. The van der Waals surface area contributed by atoms with Gasteiger partial charge in [-0.3, -0.25) is 9.59 Å². The molecule has 2 aromatic rings. The molecule has 0 unspecified atom stereocenters. The van der Waals surface area contributed by atoms with Crippen molar-refractivity contribution in [2.24, 2.45) is 11.8 Å². The molecule has 0 saturated carbocycles. The van der Waals surface area contributed by atoms with Crippen LogP contribution in [0.4, 0.5) is 5.69 Å². The van der Waals surface area contributed by atoms with E-state index in [2.05, 4.69) is 0 Å². The minimum atomic E-state index is -1.12. The number of quaternary nitrogens is 1. The van der Waals surface area contributed by atoms with E-state index in [9.17, 15) is 14.4 Å². The molecule has 0 radical (unpaired) electrons. The van der Waals surface area contributed by atoms with Crippen LogP contribution < -0.4 is 10.2 Å². The zero-order valence-electron chi connectivity index (χ0n) is 18.4. The van der Waals surface area contributed by atoms with Crippen molar-refractivity contribution >= 4 is 23.5 Å². The van der Waals surface area contributed by atoms with Gasteiger partial charge in [0.05, 0.1) is 12.8 Å². The fourth-order valence-corrected chi connectivity index (χ4v) is 5.30. The average molecular weight is 422 g/mol. The third-order valence-corrected chi connectivity index (χ3v) is 6.75. The van der Waals surface area contributed by atoms with Crippen molar-refractivity contribution in [1.29, 1.82) is 0 Å². The zero-order chi connectivity index (χ0) is 22.3. The zero-order valence-corrected chi connectivity index (χ0v) is 18.4. The summed E-state index contributed by atoms with van der Waals surface area (Å²) >= 11 is 0. The van der Waals surface area contributed by atoms with E-state index in [0.29, 0.717) is 18.5 Å². The summed E-state index contributed by atoms with van der Waals surface area (Å²) < 4.78 is 5.19. The SMILES string of the molecule is CCC[C@]1(C(=O)OC)[NH2+][C@@H](c2ccc(C)cc2)[C@H]2C(=O)N(c3ccc(C)cc3)C(=O)[C@H]21. The van der Waals surface area contributed by atoms with E-state index in [1.807, 2.05) is 62.5 Å². The molecule has 2 heterocycles. The smallest absolute Gasteiger partial charge is 0.368 e. The van der Waals surface area contributed by atoms with E-state index >= 15 is 0 Å².